The zero-order valence-electron chi connectivity index (χ0n) is 24.7. The van der Waals surface area contributed by atoms with E-state index in [4.69, 9.17) is 25.8 Å². The van der Waals surface area contributed by atoms with Crippen molar-refractivity contribution in [3.05, 3.63) is 77.7 Å². The Morgan fingerprint density at radius 2 is 1.67 bits per heavy atom. The fourth-order valence-corrected chi connectivity index (χ4v) is 4.76. The van der Waals surface area contributed by atoms with Gasteiger partial charge >= 0.3 is 51.4 Å². The van der Waals surface area contributed by atoms with Crippen molar-refractivity contribution in [2.75, 3.05) is 24.4 Å². The van der Waals surface area contributed by atoms with Crippen LogP contribution in [0.1, 0.15) is 32.1 Å². The number of aromatic nitrogens is 1. The third kappa shape index (κ3) is 8.51. The number of benzene rings is 3. The van der Waals surface area contributed by atoms with Crippen LogP contribution in [0.2, 0.25) is 5.02 Å². The Balaban J connectivity index is 0.00000461. The number of nitrogens with zero attached hydrogens (tertiary/aromatic N) is 1. The number of hydrogen-bond donors (Lipinski definition) is 2. The molecule has 2 N–H and O–H groups in total. The largest absolute Gasteiger partial charge is 1.00 e. The van der Waals surface area contributed by atoms with Gasteiger partial charge in [-0.25, -0.2) is 4.39 Å². The van der Waals surface area contributed by atoms with Crippen molar-refractivity contribution < 1.29 is 89.5 Å². The van der Waals surface area contributed by atoms with E-state index in [2.05, 4.69) is 15.6 Å². The van der Waals surface area contributed by atoms with Crippen LogP contribution >= 0.6 is 11.6 Å². The van der Waals surface area contributed by atoms with Gasteiger partial charge in [0.1, 0.15) is 11.2 Å². The zero-order chi connectivity index (χ0) is 31.3. The number of carbonyl (C=O) groups is 3. The van der Waals surface area contributed by atoms with Crippen LogP contribution in [0.4, 0.5) is 15.8 Å². The molecule has 1 aliphatic rings. The van der Waals surface area contributed by atoms with Crippen molar-refractivity contribution in [1.29, 1.82) is 0 Å². The van der Waals surface area contributed by atoms with Gasteiger partial charge in [0.05, 0.1) is 19.2 Å². The summed E-state index contributed by atoms with van der Waals surface area (Å²) in [5, 5.41) is 16.9. The normalized spacial score (nSPS) is 12.9. The number of ether oxygens (including phenoxy) is 3. The van der Waals surface area contributed by atoms with Gasteiger partial charge < -0.3 is 34.7 Å². The molecule has 4 aromatic rings. The molecule has 0 atom stereocenters. The minimum absolute atomic E-state index is 0. The summed E-state index contributed by atoms with van der Waals surface area (Å²) in [6, 6.07) is 15.5. The van der Waals surface area contributed by atoms with Crippen molar-refractivity contribution in [3.8, 4) is 23.0 Å². The predicted octanol–water partition coefficient (Wildman–Crippen LogP) is 2.49. The van der Waals surface area contributed by atoms with Gasteiger partial charge in [0.15, 0.2) is 23.1 Å². The van der Waals surface area contributed by atoms with Crippen molar-refractivity contribution in [2.45, 2.75) is 32.1 Å². The average molecular weight is 660 g/mol. The summed E-state index contributed by atoms with van der Waals surface area (Å²) in [6.07, 6.45) is 3.11. The number of pyridine rings is 1. The maximum absolute atomic E-state index is 15.2. The number of carboxylic acids is 1. The van der Waals surface area contributed by atoms with Crippen LogP contribution in [-0.2, 0) is 14.4 Å². The van der Waals surface area contributed by atoms with E-state index < -0.39 is 29.0 Å². The molecule has 1 saturated carbocycles. The monoisotopic (exact) mass is 659 g/mol. The number of nitrogens with one attached hydrogen (secondary N) is 2. The summed E-state index contributed by atoms with van der Waals surface area (Å²) >= 11 is 5.98. The second kappa shape index (κ2) is 15.3. The van der Waals surface area contributed by atoms with Crippen LogP contribution in [0, 0.1) is 11.2 Å². The third-order valence-corrected chi connectivity index (χ3v) is 7.37. The van der Waals surface area contributed by atoms with Crippen LogP contribution in [-0.4, -0.2) is 36.5 Å². The standard InChI is InChI=1S/C32H29ClFN3O7.K/c1-42-27-17-22-24(18-28(27)43-14-3-2-7-29(38)39)35-13-10-25(22)44-26-9-8-21(16-23(26)34)37-31(41)32(11-12-32)30(40)36-20-6-4-5-19(33)15-20;/h4-6,8-10,13,15-18H,2-3,7,11-12,14H2,1H3,(H,36,40)(H,37,41)(H,38,39);/q;+1/p-1. The molecule has 13 heteroatoms. The molecule has 10 nitrogen and oxygen atoms in total. The number of amides is 2. The first-order valence-corrected chi connectivity index (χ1v) is 14.2. The molecule has 0 bridgehead atoms. The van der Waals surface area contributed by atoms with E-state index in [9.17, 15) is 19.5 Å². The molecule has 1 aliphatic carbocycles. The Morgan fingerprint density at radius 3 is 2.31 bits per heavy atom. The molecule has 228 valence electrons. The second-order valence-electron chi connectivity index (χ2n) is 10.3. The Labute approximate surface area is 306 Å². The van der Waals surface area contributed by atoms with E-state index in [1.165, 1.54) is 25.4 Å². The molecule has 2 amide bonds. The summed E-state index contributed by atoms with van der Waals surface area (Å²) in [6.45, 7) is 0.271. The van der Waals surface area contributed by atoms with E-state index in [-0.39, 0.29) is 75.8 Å². The number of halogens is 2. The average Bonchev–Trinajstić information content (AvgIpc) is 3.80. The van der Waals surface area contributed by atoms with Crippen LogP contribution in [0.3, 0.4) is 0 Å². The third-order valence-electron chi connectivity index (χ3n) is 7.13. The van der Waals surface area contributed by atoms with Gasteiger partial charge in [-0.05, 0) is 74.6 Å². The fraction of sp³-hybridized carbons (Fsp3) is 0.250. The van der Waals surface area contributed by atoms with E-state index in [1.807, 2.05) is 0 Å². The Bertz CT molecular complexity index is 1730. The number of carboxylic acid groups (broad SMARTS) is 1. The van der Waals surface area contributed by atoms with Crippen LogP contribution in [0.5, 0.6) is 23.0 Å². The van der Waals surface area contributed by atoms with E-state index in [1.54, 1.807) is 42.5 Å². The summed E-state index contributed by atoms with van der Waals surface area (Å²) in [4.78, 5) is 40.9. The smallest absolute Gasteiger partial charge is 0.550 e. The molecule has 1 fully saturated rings. The predicted molar refractivity (Wildman–Crippen MR) is 160 cm³/mol. The molecule has 1 heterocycles. The van der Waals surface area contributed by atoms with Gasteiger partial charge in [-0.3, -0.25) is 14.6 Å². The Kier molecular flexibility index (Phi) is 11.8. The molecule has 0 unspecified atom stereocenters. The number of fused-ring (bicyclic) bond motifs is 1. The number of methoxy groups -OCH3 is 1. The van der Waals surface area contributed by atoms with Crippen molar-refractivity contribution in [3.63, 3.8) is 0 Å². The van der Waals surface area contributed by atoms with Gasteiger partial charge in [-0.1, -0.05) is 17.7 Å². The zero-order valence-corrected chi connectivity index (χ0v) is 28.5. The van der Waals surface area contributed by atoms with Gasteiger partial charge in [-0.15, -0.1) is 0 Å². The molecule has 5 rings (SSSR count). The SMILES string of the molecule is COc1cc2c(Oc3ccc(NC(=O)C4(C(=O)Nc5cccc(Cl)c5)CC4)cc3F)ccnc2cc1OCCCCC(=O)[O-].[K+]. The van der Waals surface area contributed by atoms with Crippen molar-refractivity contribution >= 4 is 51.7 Å². The van der Waals surface area contributed by atoms with E-state index in [0.717, 1.165) is 6.07 Å². The molecule has 0 aliphatic heterocycles. The molecule has 0 saturated heterocycles. The van der Waals surface area contributed by atoms with Gasteiger partial charge in [0.25, 0.3) is 0 Å². The second-order valence-corrected chi connectivity index (χ2v) is 10.7. The quantitative estimate of drug-likeness (QED) is 0.127. The number of aliphatic carboxylic acids is 1. The number of carbonyl (C=O) groups excluding carboxylic acids is 3. The molecule has 3 aromatic carbocycles. The van der Waals surface area contributed by atoms with Crippen molar-refractivity contribution in [2.24, 2.45) is 5.41 Å². The minimum Gasteiger partial charge on any atom is -0.550 e. The number of anilines is 2. The van der Waals surface area contributed by atoms with Gasteiger partial charge in [-0.2, -0.15) is 0 Å². The minimum atomic E-state index is -1.25. The summed E-state index contributed by atoms with van der Waals surface area (Å²) in [5.74, 6) is -1.81. The molecule has 45 heavy (non-hydrogen) atoms. The van der Waals surface area contributed by atoms with Crippen molar-refractivity contribution in [1.82, 2.24) is 4.98 Å². The first kappa shape index (κ1) is 34.6. The van der Waals surface area contributed by atoms with Gasteiger partial charge in [0, 0.05) is 46.1 Å². The molecule has 1 aromatic heterocycles. The first-order chi connectivity index (χ1) is 21.2. The maximum Gasteiger partial charge on any atom is 1.00 e. The summed E-state index contributed by atoms with van der Waals surface area (Å²) in [7, 11) is 1.47. The fourth-order valence-electron chi connectivity index (χ4n) is 4.57. The summed E-state index contributed by atoms with van der Waals surface area (Å²) in [5.41, 5.74) is -0.0980. The van der Waals surface area contributed by atoms with Crippen LogP contribution in [0.15, 0.2) is 66.9 Å². The number of rotatable bonds is 13. The number of hydrogen-bond acceptors (Lipinski definition) is 8. The topological polar surface area (TPSA) is 139 Å². The molecule has 0 spiro atoms. The molecule has 0 radical (unpaired) electrons. The van der Waals surface area contributed by atoms with E-state index >= 15 is 4.39 Å². The molecular weight excluding hydrogens is 632 g/mol. The molecular formula is C32H28ClFKN3O7. The number of unbranched alkanes of at least 4 members (excludes halogenated alkanes) is 1. The van der Waals surface area contributed by atoms with Crippen LogP contribution < -0.4 is 81.3 Å². The Hall–Kier alpha value is -3.26. The Morgan fingerprint density at radius 1 is 0.933 bits per heavy atom. The van der Waals surface area contributed by atoms with Gasteiger partial charge in [0.2, 0.25) is 11.8 Å². The van der Waals surface area contributed by atoms with Crippen LogP contribution in [0.25, 0.3) is 10.9 Å². The van der Waals surface area contributed by atoms with E-state index in [0.29, 0.717) is 64.5 Å². The maximum atomic E-state index is 15.2. The first-order valence-electron chi connectivity index (χ1n) is 13.8. The summed E-state index contributed by atoms with van der Waals surface area (Å²) < 4.78 is 32.3.